The molecule has 0 aliphatic carbocycles. The zero-order valence-corrected chi connectivity index (χ0v) is 19.8. The maximum absolute atomic E-state index is 12.6. The molecule has 0 aliphatic rings. The first-order valence-electron chi connectivity index (χ1n) is 9.40. The van der Waals surface area contributed by atoms with Gasteiger partial charge in [-0.3, -0.25) is 14.9 Å². The largest absolute Gasteiger partial charge is 0.497 e. The molecule has 1 heterocycles. The summed E-state index contributed by atoms with van der Waals surface area (Å²) < 4.78 is 39.5. The van der Waals surface area contributed by atoms with E-state index in [1.54, 1.807) is 6.92 Å². The molecule has 1 aromatic heterocycles. The van der Waals surface area contributed by atoms with Gasteiger partial charge in [-0.15, -0.1) is 11.3 Å². The number of hydrogen-bond donors (Lipinski definition) is 2. The van der Waals surface area contributed by atoms with Crippen molar-refractivity contribution in [2.75, 3.05) is 31.9 Å². The molecule has 0 unspecified atom stereocenters. The highest BCUT2D eigenvalue weighted by Crippen LogP contribution is 2.34. The van der Waals surface area contributed by atoms with Crippen molar-refractivity contribution in [3.63, 3.8) is 0 Å². The molecule has 33 heavy (non-hydrogen) atoms. The van der Waals surface area contributed by atoms with Gasteiger partial charge in [0.05, 0.1) is 31.3 Å². The first-order chi connectivity index (χ1) is 15.5. The predicted molar refractivity (Wildman–Crippen MR) is 119 cm³/mol. The maximum atomic E-state index is 12.6. The lowest BCUT2D eigenvalue weighted by Gasteiger charge is -2.08. The minimum atomic E-state index is -4.02. The number of rotatable bonds is 8. The molecule has 0 aliphatic heterocycles. The van der Waals surface area contributed by atoms with E-state index >= 15 is 0 Å². The SMILES string of the molecule is CCOC(=O)c1sc(NC(=O)CS(=O)(=O)c2ccc(OC)cc2)c(C(=O)NC(=O)OC)c1C. The van der Waals surface area contributed by atoms with Gasteiger partial charge in [-0.05, 0) is 43.7 Å². The standard InChI is InChI=1S/C20H22N2O9S2/c1-5-31-19(25)16-11(2)15(17(24)22-20(26)30-4)18(32-16)21-14(23)10-33(27,28)13-8-6-12(29-3)7-9-13/h6-9H,5,10H2,1-4H3,(H,21,23)(H,22,24,26). The first-order valence-corrected chi connectivity index (χ1v) is 11.9. The number of amides is 3. The summed E-state index contributed by atoms with van der Waals surface area (Å²) in [6.07, 6.45) is -1.05. The first kappa shape index (κ1) is 25.8. The van der Waals surface area contributed by atoms with Gasteiger partial charge >= 0.3 is 12.1 Å². The van der Waals surface area contributed by atoms with Gasteiger partial charge in [-0.2, -0.15) is 0 Å². The summed E-state index contributed by atoms with van der Waals surface area (Å²) >= 11 is 0.721. The van der Waals surface area contributed by atoms with E-state index in [1.165, 1.54) is 38.3 Å². The van der Waals surface area contributed by atoms with E-state index in [0.29, 0.717) is 5.75 Å². The van der Waals surface area contributed by atoms with Crippen LogP contribution < -0.4 is 15.4 Å². The molecule has 0 atom stereocenters. The normalized spacial score (nSPS) is 10.8. The number of imide groups is 1. The lowest BCUT2D eigenvalue weighted by Crippen LogP contribution is -2.31. The fraction of sp³-hybridized carbons (Fsp3) is 0.300. The predicted octanol–water partition coefficient (Wildman–Crippen LogP) is 2.15. The number of alkyl carbamates (subject to hydrolysis) is 1. The highest BCUT2D eigenvalue weighted by molar-refractivity contribution is 7.92. The monoisotopic (exact) mass is 498 g/mol. The maximum Gasteiger partial charge on any atom is 0.413 e. The van der Waals surface area contributed by atoms with Crippen molar-refractivity contribution in [2.24, 2.45) is 0 Å². The second kappa shape index (κ2) is 10.9. The van der Waals surface area contributed by atoms with E-state index in [2.05, 4.69) is 10.1 Å². The lowest BCUT2D eigenvalue weighted by atomic mass is 10.1. The third-order valence-corrected chi connectivity index (χ3v) is 7.05. The van der Waals surface area contributed by atoms with E-state index in [1.807, 2.05) is 5.32 Å². The van der Waals surface area contributed by atoms with Gasteiger partial charge in [0.25, 0.3) is 5.91 Å². The minimum Gasteiger partial charge on any atom is -0.497 e. The molecule has 178 valence electrons. The smallest absolute Gasteiger partial charge is 0.413 e. The van der Waals surface area contributed by atoms with Crippen molar-refractivity contribution in [2.45, 2.75) is 18.7 Å². The Kier molecular flexibility index (Phi) is 8.54. The van der Waals surface area contributed by atoms with Crippen LogP contribution in [-0.2, 0) is 24.1 Å². The zero-order chi connectivity index (χ0) is 24.8. The summed E-state index contributed by atoms with van der Waals surface area (Å²) in [6, 6.07) is 5.47. The zero-order valence-electron chi connectivity index (χ0n) is 18.2. The van der Waals surface area contributed by atoms with E-state index in [0.717, 1.165) is 18.4 Å². The molecule has 2 rings (SSSR count). The molecule has 2 N–H and O–H groups in total. The Balaban J connectivity index is 2.34. The summed E-state index contributed by atoms with van der Waals surface area (Å²) in [5.74, 6) is -3.11. The molecule has 0 saturated carbocycles. The molecule has 1 aromatic carbocycles. The summed E-state index contributed by atoms with van der Waals surface area (Å²) in [5, 5.41) is 4.17. The van der Waals surface area contributed by atoms with Crippen molar-refractivity contribution in [1.29, 1.82) is 0 Å². The second-order valence-corrected chi connectivity index (χ2v) is 9.42. The second-order valence-electron chi connectivity index (χ2n) is 6.41. The number of hydrogen-bond acceptors (Lipinski definition) is 10. The van der Waals surface area contributed by atoms with Crippen LogP contribution in [0.5, 0.6) is 5.75 Å². The summed E-state index contributed by atoms with van der Waals surface area (Å²) in [7, 11) is -1.53. The number of anilines is 1. The van der Waals surface area contributed by atoms with Gasteiger partial charge in [0, 0.05) is 0 Å². The number of nitrogens with one attached hydrogen (secondary N) is 2. The Hall–Kier alpha value is -3.45. The van der Waals surface area contributed by atoms with E-state index in [9.17, 15) is 27.6 Å². The Morgan fingerprint density at radius 3 is 2.24 bits per heavy atom. The average molecular weight is 499 g/mol. The Bertz CT molecular complexity index is 1170. The number of thiophene rings is 1. The van der Waals surface area contributed by atoms with Crippen LogP contribution in [0.3, 0.4) is 0 Å². The Labute approximate surface area is 193 Å². The van der Waals surface area contributed by atoms with Crippen LogP contribution >= 0.6 is 11.3 Å². The van der Waals surface area contributed by atoms with Crippen LogP contribution in [0.1, 0.15) is 32.5 Å². The Morgan fingerprint density at radius 2 is 1.70 bits per heavy atom. The number of carbonyl (C=O) groups excluding carboxylic acids is 4. The van der Waals surface area contributed by atoms with Crippen LogP contribution in [0.4, 0.5) is 9.80 Å². The Morgan fingerprint density at radius 1 is 1.06 bits per heavy atom. The van der Waals surface area contributed by atoms with Crippen LogP contribution in [0.15, 0.2) is 29.2 Å². The fourth-order valence-corrected chi connectivity index (χ4v) is 4.92. The number of sulfone groups is 1. The molecule has 0 bridgehead atoms. The van der Waals surface area contributed by atoms with Crippen molar-refractivity contribution in [3.8, 4) is 5.75 Å². The molecule has 13 heteroatoms. The number of ether oxygens (including phenoxy) is 3. The van der Waals surface area contributed by atoms with Crippen LogP contribution in [0.25, 0.3) is 0 Å². The van der Waals surface area contributed by atoms with Crippen LogP contribution in [-0.4, -0.2) is 58.9 Å². The van der Waals surface area contributed by atoms with Crippen molar-refractivity contribution < 1.29 is 41.8 Å². The third kappa shape index (κ3) is 6.29. The van der Waals surface area contributed by atoms with Gasteiger partial charge in [-0.25, -0.2) is 18.0 Å². The number of benzene rings is 1. The molecule has 0 saturated heterocycles. The van der Waals surface area contributed by atoms with Crippen LogP contribution in [0, 0.1) is 6.92 Å². The summed E-state index contributed by atoms with van der Waals surface area (Å²) in [5.41, 5.74) is -0.0446. The van der Waals surface area contributed by atoms with Crippen molar-refractivity contribution in [3.05, 3.63) is 40.3 Å². The highest BCUT2D eigenvalue weighted by Gasteiger charge is 2.29. The molecular formula is C20H22N2O9S2. The van der Waals surface area contributed by atoms with Gasteiger partial charge in [0.15, 0.2) is 9.84 Å². The van der Waals surface area contributed by atoms with E-state index in [4.69, 9.17) is 9.47 Å². The molecule has 0 fully saturated rings. The van der Waals surface area contributed by atoms with Crippen molar-refractivity contribution >= 4 is 50.1 Å². The number of carbonyl (C=O) groups is 4. The molecule has 11 nitrogen and oxygen atoms in total. The molecular weight excluding hydrogens is 476 g/mol. The average Bonchev–Trinajstić information content (AvgIpc) is 3.09. The molecule has 0 radical (unpaired) electrons. The lowest BCUT2D eigenvalue weighted by molar-refractivity contribution is -0.113. The van der Waals surface area contributed by atoms with E-state index in [-0.39, 0.29) is 32.5 Å². The van der Waals surface area contributed by atoms with Gasteiger partial charge in [-0.1, -0.05) is 0 Å². The van der Waals surface area contributed by atoms with Gasteiger partial charge in [0.2, 0.25) is 5.91 Å². The molecule has 0 spiro atoms. The molecule has 3 amide bonds. The summed E-state index contributed by atoms with van der Waals surface area (Å²) in [6.45, 7) is 3.10. The fourth-order valence-electron chi connectivity index (χ4n) is 2.67. The topological polar surface area (TPSA) is 154 Å². The quantitative estimate of drug-likeness (QED) is 0.521. The number of methoxy groups -OCH3 is 2. The van der Waals surface area contributed by atoms with Gasteiger partial charge < -0.3 is 19.5 Å². The third-order valence-electron chi connectivity index (χ3n) is 4.23. The van der Waals surface area contributed by atoms with Crippen LogP contribution in [0.2, 0.25) is 0 Å². The summed E-state index contributed by atoms with van der Waals surface area (Å²) in [4.78, 5) is 48.7. The van der Waals surface area contributed by atoms with E-state index < -0.39 is 39.5 Å². The molecule has 2 aromatic rings. The minimum absolute atomic E-state index is 0.0141. The van der Waals surface area contributed by atoms with Gasteiger partial charge in [0.1, 0.15) is 21.4 Å². The van der Waals surface area contributed by atoms with Crippen molar-refractivity contribution in [1.82, 2.24) is 5.32 Å². The highest BCUT2D eigenvalue weighted by atomic mass is 32.2. The number of esters is 1.